The Hall–Kier alpha value is -2.15. The molecule has 0 unspecified atom stereocenters. The largest absolute Gasteiger partial charge is 0.442 e. The second-order valence-corrected chi connectivity index (χ2v) is 5.04. The summed E-state index contributed by atoms with van der Waals surface area (Å²) < 4.78 is 5.42. The molecule has 7 nitrogen and oxygen atoms in total. The van der Waals surface area contributed by atoms with Gasteiger partial charge in [-0.25, -0.2) is 4.98 Å². The number of carbonyl (C=O) groups is 1. The molecule has 2 aromatic heterocycles. The van der Waals surface area contributed by atoms with Crippen molar-refractivity contribution >= 4 is 17.0 Å². The normalized spacial score (nSPS) is 16.8. The van der Waals surface area contributed by atoms with Gasteiger partial charge in [-0.1, -0.05) is 0 Å². The van der Waals surface area contributed by atoms with Crippen molar-refractivity contribution < 1.29 is 9.21 Å². The molecule has 0 saturated carbocycles. The van der Waals surface area contributed by atoms with E-state index < -0.39 is 0 Å². The van der Waals surface area contributed by atoms with Crippen LogP contribution in [0.4, 0.5) is 0 Å². The Morgan fingerprint density at radius 1 is 1.35 bits per heavy atom. The fraction of sp³-hybridized carbons (Fsp3) is 0.462. The maximum absolute atomic E-state index is 12.6. The van der Waals surface area contributed by atoms with Gasteiger partial charge in [0.25, 0.3) is 11.5 Å². The van der Waals surface area contributed by atoms with E-state index in [2.05, 4.69) is 14.9 Å². The third-order valence-corrected chi connectivity index (χ3v) is 3.67. The zero-order valence-electron chi connectivity index (χ0n) is 11.5. The number of aryl methyl sites for hydroxylation is 1. The molecule has 3 heterocycles. The Labute approximate surface area is 115 Å². The number of carbonyl (C=O) groups excluding carboxylic acids is 1. The first kappa shape index (κ1) is 12.9. The van der Waals surface area contributed by atoms with Crippen molar-refractivity contribution in [2.45, 2.75) is 6.92 Å². The lowest BCUT2D eigenvalue weighted by Crippen LogP contribution is -2.47. The lowest BCUT2D eigenvalue weighted by atomic mass is 10.1. The number of furan rings is 1. The number of likely N-dealkylation sites (N-methyl/N-ethyl adjacent to an activating group) is 1. The molecule has 106 valence electrons. The van der Waals surface area contributed by atoms with Gasteiger partial charge in [0, 0.05) is 26.2 Å². The second kappa shape index (κ2) is 4.75. The summed E-state index contributed by atoms with van der Waals surface area (Å²) in [6.45, 7) is 4.65. The predicted octanol–water partition coefficient (Wildman–Crippen LogP) is 0.212. The number of hydrogen-bond donors (Lipinski definition) is 1. The number of aromatic amines is 1. The average Bonchev–Trinajstić information content (AvgIpc) is 2.76. The van der Waals surface area contributed by atoms with Crippen molar-refractivity contribution in [3.63, 3.8) is 0 Å². The van der Waals surface area contributed by atoms with Gasteiger partial charge in [-0.3, -0.25) is 9.59 Å². The summed E-state index contributed by atoms with van der Waals surface area (Å²) in [6, 6.07) is 0. The number of hydrogen-bond acceptors (Lipinski definition) is 5. The van der Waals surface area contributed by atoms with Crippen molar-refractivity contribution in [1.82, 2.24) is 19.8 Å². The molecule has 1 fully saturated rings. The van der Waals surface area contributed by atoms with E-state index >= 15 is 0 Å². The van der Waals surface area contributed by atoms with Gasteiger partial charge < -0.3 is 19.2 Å². The summed E-state index contributed by atoms with van der Waals surface area (Å²) in [7, 11) is 2.02. The van der Waals surface area contributed by atoms with Crippen molar-refractivity contribution in [2.75, 3.05) is 33.2 Å². The molecular formula is C13H16N4O3. The first-order valence-electron chi connectivity index (χ1n) is 6.52. The molecule has 1 aliphatic rings. The molecule has 0 aromatic carbocycles. The SMILES string of the molecule is Cc1oc2nc[nH]c(=O)c2c1C(=O)N1CCN(C)CC1. The minimum Gasteiger partial charge on any atom is -0.442 e. The molecule has 0 aliphatic carbocycles. The number of fused-ring (bicyclic) bond motifs is 1. The lowest BCUT2D eigenvalue weighted by molar-refractivity contribution is 0.0664. The molecule has 7 heteroatoms. The Bertz CT molecular complexity index is 710. The smallest absolute Gasteiger partial charge is 0.262 e. The van der Waals surface area contributed by atoms with Crippen LogP contribution in [-0.2, 0) is 0 Å². The van der Waals surface area contributed by atoms with Crippen molar-refractivity contribution in [3.05, 3.63) is 28.0 Å². The fourth-order valence-corrected chi connectivity index (χ4v) is 2.48. The van der Waals surface area contributed by atoms with Crippen LogP contribution < -0.4 is 5.56 Å². The maximum Gasteiger partial charge on any atom is 0.262 e. The minimum atomic E-state index is -0.343. The highest BCUT2D eigenvalue weighted by Gasteiger charge is 2.27. The highest BCUT2D eigenvalue weighted by Crippen LogP contribution is 2.22. The van der Waals surface area contributed by atoms with E-state index in [0.29, 0.717) is 24.4 Å². The molecule has 2 aromatic rings. The van der Waals surface area contributed by atoms with Gasteiger partial charge in [-0.15, -0.1) is 0 Å². The van der Waals surface area contributed by atoms with Gasteiger partial charge >= 0.3 is 0 Å². The van der Waals surface area contributed by atoms with Gasteiger partial charge in [0.1, 0.15) is 11.1 Å². The molecular weight excluding hydrogens is 260 g/mol. The number of nitrogens with one attached hydrogen (secondary N) is 1. The zero-order valence-corrected chi connectivity index (χ0v) is 11.5. The summed E-state index contributed by atoms with van der Waals surface area (Å²) in [5.41, 5.74) is 0.201. The van der Waals surface area contributed by atoms with E-state index in [-0.39, 0.29) is 22.6 Å². The van der Waals surface area contributed by atoms with Crippen molar-refractivity contribution in [1.29, 1.82) is 0 Å². The third-order valence-electron chi connectivity index (χ3n) is 3.67. The van der Waals surface area contributed by atoms with Crippen LogP contribution in [0.3, 0.4) is 0 Å². The van der Waals surface area contributed by atoms with E-state index in [1.165, 1.54) is 6.33 Å². The number of nitrogens with zero attached hydrogens (tertiary/aromatic N) is 3. The van der Waals surface area contributed by atoms with E-state index in [4.69, 9.17) is 4.42 Å². The van der Waals surface area contributed by atoms with Gasteiger partial charge in [0.2, 0.25) is 5.71 Å². The first-order valence-corrected chi connectivity index (χ1v) is 6.52. The van der Waals surface area contributed by atoms with E-state index in [1.54, 1.807) is 11.8 Å². The van der Waals surface area contributed by atoms with Gasteiger partial charge in [-0.05, 0) is 14.0 Å². The summed E-state index contributed by atoms with van der Waals surface area (Å²) >= 11 is 0. The molecule has 3 rings (SSSR count). The monoisotopic (exact) mass is 276 g/mol. The van der Waals surface area contributed by atoms with Crippen LogP contribution in [0.2, 0.25) is 0 Å². The van der Waals surface area contributed by atoms with Crippen LogP contribution in [0.15, 0.2) is 15.5 Å². The molecule has 1 aliphatic heterocycles. The van der Waals surface area contributed by atoms with Crippen LogP contribution in [0.25, 0.3) is 11.1 Å². The molecule has 1 amide bonds. The molecule has 0 spiro atoms. The lowest BCUT2D eigenvalue weighted by Gasteiger charge is -2.32. The molecule has 1 saturated heterocycles. The van der Waals surface area contributed by atoms with Crippen LogP contribution in [0.1, 0.15) is 16.1 Å². The number of amides is 1. The first-order chi connectivity index (χ1) is 9.58. The molecule has 0 radical (unpaired) electrons. The number of rotatable bonds is 1. The van der Waals surface area contributed by atoms with Crippen LogP contribution in [0.5, 0.6) is 0 Å². The third kappa shape index (κ3) is 2.00. The predicted molar refractivity (Wildman–Crippen MR) is 72.8 cm³/mol. The topological polar surface area (TPSA) is 82.4 Å². The van der Waals surface area contributed by atoms with E-state index in [0.717, 1.165) is 13.1 Å². The Morgan fingerprint density at radius 3 is 2.75 bits per heavy atom. The molecule has 0 bridgehead atoms. The minimum absolute atomic E-state index is 0.159. The van der Waals surface area contributed by atoms with Gasteiger partial charge in [0.15, 0.2) is 0 Å². The number of aromatic nitrogens is 2. The van der Waals surface area contributed by atoms with Crippen LogP contribution >= 0.6 is 0 Å². The van der Waals surface area contributed by atoms with Gasteiger partial charge in [0.05, 0.1) is 11.9 Å². The highest BCUT2D eigenvalue weighted by atomic mass is 16.3. The fourth-order valence-electron chi connectivity index (χ4n) is 2.48. The highest BCUT2D eigenvalue weighted by molar-refractivity contribution is 6.06. The molecule has 1 N–H and O–H groups in total. The Kier molecular flexibility index (Phi) is 3.06. The quantitative estimate of drug-likeness (QED) is 0.805. The molecule has 0 atom stereocenters. The summed E-state index contributed by atoms with van der Waals surface area (Å²) in [5, 5.41) is 0.244. The Morgan fingerprint density at radius 2 is 2.05 bits per heavy atom. The summed E-state index contributed by atoms with van der Waals surface area (Å²) in [5.74, 6) is 0.279. The van der Waals surface area contributed by atoms with E-state index in [1.807, 2.05) is 7.05 Å². The van der Waals surface area contributed by atoms with E-state index in [9.17, 15) is 9.59 Å². The van der Waals surface area contributed by atoms with Crippen LogP contribution in [0, 0.1) is 6.92 Å². The number of H-pyrrole nitrogens is 1. The van der Waals surface area contributed by atoms with Crippen LogP contribution in [-0.4, -0.2) is 58.9 Å². The standard InChI is InChI=1S/C13H16N4O3/c1-8-9(10-11(18)14-7-15-12(10)20-8)13(19)17-5-3-16(2)4-6-17/h7H,3-6H2,1-2H3,(H,14,15,18). The summed E-state index contributed by atoms with van der Waals surface area (Å²) in [6.07, 6.45) is 1.28. The zero-order chi connectivity index (χ0) is 14.3. The van der Waals surface area contributed by atoms with Gasteiger partial charge in [-0.2, -0.15) is 0 Å². The second-order valence-electron chi connectivity index (χ2n) is 5.04. The maximum atomic E-state index is 12.6. The molecule has 20 heavy (non-hydrogen) atoms. The number of piperazine rings is 1. The Balaban J connectivity index is 2.03. The van der Waals surface area contributed by atoms with Crippen molar-refractivity contribution in [2.24, 2.45) is 0 Å². The van der Waals surface area contributed by atoms with Crippen molar-refractivity contribution in [3.8, 4) is 0 Å². The average molecular weight is 276 g/mol. The summed E-state index contributed by atoms with van der Waals surface area (Å²) in [4.78, 5) is 34.9.